The fraction of sp³-hybridized carbons (Fsp3) is 0.316. The summed E-state index contributed by atoms with van der Waals surface area (Å²) in [5, 5.41) is 2.67. The summed E-state index contributed by atoms with van der Waals surface area (Å²) < 4.78 is 40.3. The molecule has 1 aromatic heterocycles. The number of nitrogens with zero attached hydrogens (tertiary/aromatic N) is 3. The molecule has 1 aromatic carbocycles. The van der Waals surface area contributed by atoms with E-state index in [1.54, 1.807) is 21.9 Å². The lowest BCUT2D eigenvalue weighted by molar-refractivity contribution is -0.274. The van der Waals surface area contributed by atoms with Crippen LogP contribution in [0.1, 0.15) is 12.5 Å². The normalized spacial score (nSPS) is 14.3. The van der Waals surface area contributed by atoms with Crippen molar-refractivity contribution in [1.29, 1.82) is 0 Å². The van der Waals surface area contributed by atoms with Crippen LogP contribution < -0.4 is 15.0 Å². The number of likely N-dealkylation sites (N-methyl/N-ethyl adjacent to an activating group) is 1. The average Bonchev–Trinajstić information content (AvgIpc) is 3.03. The lowest BCUT2D eigenvalue weighted by atomic mass is 10.1. The molecule has 2 heterocycles. The molecule has 1 fully saturated rings. The molecule has 1 saturated heterocycles. The zero-order valence-corrected chi connectivity index (χ0v) is 15.6. The Balaban J connectivity index is 1.55. The van der Waals surface area contributed by atoms with Gasteiger partial charge >= 0.3 is 12.4 Å². The maximum Gasteiger partial charge on any atom is 0.573 e. The van der Waals surface area contributed by atoms with Crippen LogP contribution in [0.4, 0.5) is 29.5 Å². The van der Waals surface area contributed by atoms with Crippen molar-refractivity contribution in [3.63, 3.8) is 0 Å². The minimum atomic E-state index is -4.76. The number of carbonyl (C=O) groups is 2. The van der Waals surface area contributed by atoms with Gasteiger partial charge in [0.15, 0.2) is 0 Å². The summed E-state index contributed by atoms with van der Waals surface area (Å²) in [6.07, 6.45) is -3.33. The molecule has 154 valence electrons. The standard InChI is InChI=1S/C19H19F3N4O3/c1-2-25-9-10-26(18(25)28)16-8-5-14(12-23-16)24-17(27)11-13-3-6-15(7-4-13)29-19(20,21)22/h3-8,12H,2,9-11H2,1H3,(H,24,27). The van der Waals surface area contributed by atoms with Crippen LogP contribution in [-0.4, -0.2) is 47.8 Å². The summed E-state index contributed by atoms with van der Waals surface area (Å²) in [4.78, 5) is 31.8. The van der Waals surface area contributed by atoms with E-state index in [2.05, 4.69) is 15.0 Å². The van der Waals surface area contributed by atoms with Crippen LogP contribution in [0, 0.1) is 0 Å². The molecular weight excluding hydrogens is 389 g/mol. The molecule has 2 aromatic rings. The molecule has 0 radical (unpaired) electrons. The van der Waals surface area contributed by atoms with Crippen LogP contribution in [0.3, 0.4) is 0 Å². The lowest BCUT2D eigenvalue weighted by Gasteiger charge is -2.16. The Morgan fingerprint density at radius 3 is 2.45 bits per heavy atom. The van der Waals surface area contributed by atoms with Gasteiger partial charge in [-0.25, -0.2) is 9.78 Å². The van der Waals surface area contributed by atoms with Crippen molar-refractivity contribution >= 4 is 23.4 Å². The van der Waals surface area contributed by atoms with Gasteiger partial charge in [-0.3, -0.25) is 9.69 Å². The third-order valence-corrected chi connectivity index (χ3v) is 4.31. The van der Waals surface area contributed by atoms with Gasteiger partial charge in [0.2, 0.25) is 5.91 Å². The molecule has 1 N–H and O–H groups in total. The number of halogens is 3. The van der Waals surface area contributed by atoms with Crippen LogP contribution in [-0.2, 0) is 11.2 Å². The monoisotopic (exact) mass is 408 g/mol. The molecule has 0 saturated carbocycles. The number of anilines is 2. The SMILES string of the molecule is CCN1CCN(c2ccc(NC(=O)Cc3ccc(OC(F)(F)F)cc3)cn2)C1=O. The second kappa shape index (κ2) is 8.38. The zero-order valence-electron chi connectivity index (χ0n) is 15.6. The third-order valence-electron chi connectivity index (χ3n) is 4.31. The summed E-state index contributed by atoms with van der Waals surface area (Å²) in [6.45, 7) is 3.73. The summed E-state index contributed by atoms with van der Waals surface area (Å²) in [5.74, 6) is -0.192. The highest BCUT2D eigenvalue weighted by atomic mass is 19.4. The van der Waals surface area contributed by atoms with Crippen molar-refractivity contribution < 1.29 is 27.5 Å². The summed E-state index contributed by atoms with van der Waals surface area (Å²) in [6, 6.07) is 8.27. The fourth-order valence-electron chi connectivity index (χ4n) is 2.91. The van der Waals surface area contributed by atoms with Crippen molar-refractivity contribution in [1.82, 2.24) is 9.88 Å². The van der Waals surface area contributed by atoms with Gasteiger partial charge in [0.1, 0.15) is 11.6 Å². The van der Waals surface area contributed by atoms with Gasteiger partial charge < -0.3 is 15.0 Å². The highest BCUT2D eigenvalue weighted by Crippen LogP contribution is 2.23. The number of urea groups is 1. The first-order valence-electron chi connectivity index (χ1n) is 8.92. The van der Waals surface area contributed by atoms with E-state index in [0.717, 1.165) is 12.1 Å². The first kappa shape index (κ1) is 20.4. The Kier molecular flexibility index (Phi) is 5.90. The number of benzene rings is 1. The van der Waals surface area contributed by atoms with Crippen LogP contribution >= 0.6 is 0 Å². The van der Waals surface area contributed by atoms with E-state index in [1.165, 1.54) is 18.3 Å². The molecule has 1 aliphatic rings. The van der Waals surface area contributed by atoms with E-state index in [4.69, 9.17) is 0 Å². The van der Waals surface area contributed by atoms with E-state index in [0.29, 0.717) is 36.7 Å². The molecule has 10 heteroatoms. The number of hydrogen-bond donors (Lipinski definition) is 1. The number of rotatable bonds is 6. The fourth-order valence-corrected chi connectivity index (χ4v) is 2.91. The van der Waals surface area contributed by atoms with Gasteiger partial charge in [-0.05, 0) is 36.8 Å². The number of pyridine rings is 1. The highest BCUT2D eigenvalue weighted by molar-refractivity contribution is 5.94. The predicted molar refractivity (Wildman–Crippen MR) is 99.7 cm³/mol. The molecular formula is C19H19F3N4O3. The Hall–Kier alpha value is -3.30. The minimum Gasteiger partial charge on any atom is -0.406 e. The van der Waals surface area contributed by atoms with E-state index in [1.807, 2.05) is 6.92 Å². The summed E-state index contributed by atoms with van der Waals surface area (Å²) >= 11 is 0. The number of alkyl halides is 3. The molecule has 0 aliphatic carbocycles. The lowest BCUT2D eigenvalue weighted by Crippen LogP contribution is -2.32. The number of amides is 3. The van der Waals surface area contributed by atoms with Crippen molar-refractivity contribution in [2.45, 2.75) is 19.7 Å². The van der Waals surface area contributed by atoms with E-state index >= 15 is 0 Å². The largest absolute Gasteiger partial charge is 0.573 e. The summed E-state index contributed by atoms with van der Waals surface area (Å²) in [7, 11) is 0. The van der Waals surface area contributed by atoms with Crippen molar-refractivity contribution in [3.8, 4) is 5.75 Å². The maximum atomic E-state index is 12.2. The van der Waals surface area contributed by atoms with Gasteiger partial charge in [-0.15, -0.1) is 13.2 Å². The van der Waals surface area contributed by atoms with Crippen molar-refractivity contribution in [3.05, 3.63) is 48.2 Å². The molecule has 3 amide bonds. The quantitative estimate of drug-likeness (QED) is 0.795. The number of nitrogens with one attached hydrogen (secondary N) is 1. The maximum absolute atomic E-state index is 12.2. The summed E-state index contributed by atoms with van der Waals surface area (Å²) in [5.41, 5.74) is 0.985. The van der Waals surface area contributed by atoms with Crippen LogP contribution in [0.2, 0.25) is 0 Å². The molecule has 0 bridgehead atoms. The zero-order chi connectivity index (χ0) is 21.0. The van der Waals surface area contributed by atoms with Gasteiger partial charge in [0.05, 0.1) is 18.3 Å². The van der Waals surface area contributed by atoms with Crippen molar-refractivity contribution in [2.75, 3.05) is 29.9 Å². The minimum absolute atomic E-state index is 0.0237. The average molecular weight is 408 g/mol. The van der Waals surface area contributed by atoms with E-state index in [9.17, 15) is 22.8 Å². The number of hydrogen-bond acceptors (Lipinski definition) is 4. The number of carbonyl (C=O) groups excluding carboxylic acids is 2. The topological polar surface area (TPSA) is 74.8 Å². The van der Waals surface area contributed by atoms with Crippen LogP contribution in [0.15, 0.2) is 42.6 Å². The predicted octanol–water partition coefficient (Wildman–Crippen LogP) is 3.42. The molecule has 3 rings (SSSR count). The molecule has 7 nitrogen and oxygen atoms in total. The van der Waals surface area contributed by atoms with Crippen LogP contribution in [0.5, 0.6) is 5.75 Å². The number of ether oxygens (including phenoxy) is 1. The van der Waals surface area contributed by atoms with Crippen LogP contribution in [0.25, 0.3) is 0 Å². The Morgan fingerprint density at radius 2 is 1.90 bits per heavy atom. The molecule has 29 heavy (non-hydrogen) atoms. The second-order valence-corrected chi connectivity index (χ2v) is 6.34. The molecule has 0 spiro atoms. The van der Waals surface area contributed by atoms with Gasteiger partial charge in [-0.2, -0.15) is 0 Å². The second-order valence-electron chi connectivity index (χ2n) is 6.34. The van der Waals surface area contributed by atoms with Gasteiger partial charge in [0.25, 0.3) is 0 Å². The Labute approximate surface area is 165 Å². The molecule has 1 aliphatic heterocycles. The highest BCUT2D eigenvalue weighted by Gasteiger charge is 2.31. The van der Waals surface area contributed by atoms with Crippen molar-refractivity contribution in [2.24, 2.45) is 0 Å². The Bertz CT molecular complexity index is 870. The van der Waals surface area contributed by atoms with Gasteiger partial charge in [0, 0.05) is 19.6 Å². The molecule has 0 atom stereocenters. The smallest absolute Gasteiger partial charge is 0.406 e. The Morgan fingerprint density at radius 1 is 1.17 bits per heavy atom. The first-order chi connectivity index (χ1) is 13.7. The molecule has 0 unspecified atom stereocenters. The first-order valence-corrected chi connectivity index (χ1v) is 8.92. The van der Waals surface area contributed by atoms with E-state index < -0.39 is 6.36 Å². The van der Waals surface area contributed by atoms with E-state index in [-0.39, 0.29) is 24.1 Å². The number of aromatic nitrogens is 1. The van der Waals surface area contributed by atoms with Gasteiger partial charge in [-0.1, -0.05) is 12.1 Å². The third kappa shape index (κ3) is 5.37.